The molecular weight excluding hydrogens is 610 g/mol. The van der Waals surface area contributed by atoms with Gasteiger partial charge in [0.05, 0.1) is 22.0 Å². The fourth-order valence-electron chi connectivity index (χ4n) is 5.23. The highest BCUT2D eigenvalue weighted by Crippen LogP contribution is 2.70. The fraction of sp³-hybridized carbons (Fsp3) is 0.630. The van der Waals surface area contributed by atoms with Gasteiger partial charge < -0.3 is 25.0 Å². The molecule has 0 spiro atoms. The molecule has 236 valence electrons. The molecule has 1 atom stereocenters. The van der Waals surface area contributed by atoms with Crippen molar-refractivity contribution in [3.05, 3.63) is 33.8 Å². The van der Waals surface area contributed by atoms with Crippen LogP contribution < -0.4 is 10.6 Å². The van der Waals surface area contributed by atoms with E-state index in [1.807, 2.05) is 32.8 Å². The predicted octanol–water partition coefficient (Wildman–Crippen LogP) is 6.18. The zero-order valence-corrected chi connectivity index (χ0v) is 25.0. The molecule has 42 heavy (non-hydrogen) atoms. The molecule has 0 aromatic heterocycles. The number of hydrogen-bond acceptors (Lipinski definition) is 7. The van der Waals surface area contributed by atoms with Gasteiger partial charge in [-0.2, -0.15) is 13.2 Å². The van der Waals surface area contributed by atoms with Crippen LogP contribution in [-0.4, -0.2) is 73.4 Å². The van der Waals surface area contributed by atoms with Crippen LogP contribution in [0.5, 0.6) is 0 Å². The van der Waals surface area contributed by atoms with Crippen LogP contribution in [-0.2, 0) is 20.9 Å². The molecule has 5 rings (SSSR count). The first-order chi connectivity index (χ1) is 19.5. The number of nitrogens with zero attached hydrogens (tertiary/aromatic N) is 2. The lowest BCUT2D eigenvalue weighted by Crippen LogP contribution is -2.77. The summed E-state index contributed by atoms with van der Waals surface area (Å²) in [6, 6.07) is 5.66. The Kier molecular flexibility index (Phi) is 12.2. The van der Waals surface area contributed by atoms with Crippen molar-refractivity contribution in [2.24, 2.45) is 10.4 Å². The highest BCUT2D eigenvalue weighted by atomic mass is 35.5. The Bertz CT molecular complexity index is 1120. The third-order valence-corrected chi connectivity index (χ3v) is 8.16. The monoisotopic (exact) mass is 644 g/mol. The molecule has 2 bridgehead atoms. The Morgan fingerprint density at radius 1 is 1.24 bits per heavy atom. The van der Waals surface area contributed by atoms with Crippen molar-refractivity contribution >= 4 is 48.2 Å². The quantitative estimate of drug-likeness (QED) is 0.233. The second-order valence-corrected chi connectivity index (χ2v) is 12.0. The SMILES string of the molecule is C=O.CN(Cc1ccc(Cl)c(Cl)c1)C12CC(C3=N[C@@H](OC(=O)NCCC(F)(F)F)C(C)(C)N3)(C1)C2.O=CCCC(F)F. The van der Waals surface area contributed by atoms with Crippen LogP contribution in [0.2, 0.25) is 10.0 Å². The van der Waals surface area contributed by atoms with Crippen LogP contribution in [0.4, 0.5) is 26.7 Å². The Labute approximate surface area is 251 Å². The molecule has 0 radical (unpaired) electrons. The standard InChI is InChI=1S/C22H27Cl2F3N4O2.C4H6F2O.CH2O/c1-19(2)17(33-18(32)28-7-6-22(25,26)27)29-16(30-19)20-10-21(11-20,12-20)31(3)9-13-4-5-14(23)15(24)8-13;5-4(6)2-1-3-7;1-2/h4-5,8,17H,6-7,9-12H2,1-3H3,(H,28,32)(H,29,30);3-4H,1-2H2;1H2/t17-,20?,21?;;/m0../s1. The lowest BCUT2D eigenvalue weighted by Gasteiger charge is -2.73. The molecule has 3 fully saturated rings. The number of amidine groups is 1. The van der Waals surface area contributed by atoms with Gasteiger partial charge in [0, 0.05) is 36.9 Å². The molecule has 4 aliphatic rings. The van der Waals surface area contributed by atoms with E-state index in [-0.39, 0.29) is 23.8 Å². The van der Waals surface area contributed by atoms with Gasteiger partial charge in [-0.3, -0.25) is 4.90 Å². The molecule has 1 amide bonds. The van der Waals surface area contributed by atoms with Crippen molar-refractivity contribution in [1.82, 2.24) is 15.5 Å². The Morgan fingerprint density at radius 3 is 2.36 bits per heavy atom. The first-order valence-electron chi connectivity index (χ1n) is 13.0. The van der Waals surface area contributed by atoms with Crippen LogP contribution in [0, 0.1) is 5.41 Å². The van der Waals surface area contributed by atoms with Gasteiger partial charge in [-0.1, -0.05) is 29.3 Å². The van der Waals surface area contributed by atoms with E-state index in [2.05, 4.69) is 27.6 Å². The predicted molar refractivity (Wildman–Crippen MR) is 149 cm³/mol. The van der Waals surface area contributed by atoms with Crippen molar-refractivity contribution in [2.75, 3.05) is 13.6 Å². The van der Waals surface area contributed by atoms with Crippen LogP contribution in [0.1, 0.15) is 57.9 Å². The largest absolute Gasteiger partial charge is 0.421 e. The molecule has 3 saturated carbocycles. The van der Waals surface area contributed by atoms with Gasteiger partial charge in [0.1, 0.15) is 18.9 Å². The average Bonchev–Trinajstić information content (AvgIpc) is 3.12. The van der Waals surface area contributed by atoms with Crippen LogP contribution in [0.3, 0.4) is 0 Å². The van der Waals surface area contributed by atoms with Crippen molar-refractivity contribution in [3.8, 4) is 0 Å². The highest BCUT2D eigenvalue weighted by Gasteiger charge is 2.72. The number of carbonyl (C=O) groups excluding carboxylic acids is 3. The molecule has 1 heterocycles. The number of amides is 1. The van der Waals surface area contributed by atoms with Gasteiger partial charge in [0.15, 0.2) is 0 Å². The Morgan fingerprint density at radius 2 is 1.86 bits per heavy atom. The fourth-order valence-corrected chi connectivity index (χ4v) is 5.55. The van der Waals surface area contributed by atoms with Gasteiger partial charge >= 0.3 is 12.3 Å². The van der Waals surface area contributed by atoms with Crippen molar-refractivity contribution in [1.29, 1.82) is 0 Å². The van der Waals surface area contributed by atoms with E-state index in [9.17, 15) is 31.5 Å². The summed E-state index contributed by atoms with van der Waals surface area (Å²) < 4.78 is 64.3. The lowest BCUT2D eigenvalue weighted by atomic mass is 9.38. The summed E-state index contributed by atoms with van der Waals surface area (Å²) in [5.41, 5.74) is 0.460. The third kappa shape index (κ3) is 9.00. The number of aldehydes is 1. The number of ether oxygens (including phenoxy) is 1. The summed E-state index contributed by atoms with van der Waals surface area (Å²) in [5.74, 6) is 0.811. The first-order valence-corrected chi connectivity index (χ1v) is 13.8. The van der Waals surface area contributed by atoms with Gasteiger partial charge in [0.25, 0.3) is 0 Å². The number of halogens is 7. The topological polar surface area (TPSA) is 100 Å². The number of carbonyl (C=O) groups is 3. The first kappa shape index (κ1) is 35.7. The summed E-state index contributed by atoms with van der Waals surface area (Å²) in [6.45, 7) is 5.93. The smallest absolute Gasteiger partial charge is 0.409 e. The van der Waals surface area contributed by atoms with E-state index in [0.29, 0.717) is 16.3 Å². The van der Waals surface area contributed by atoms with Crippen molar-refractivity contribution in [3.63, 3.8) is 0 Å². The summed E-state index contributed by atoms with van der Waals surface area (Å²) in [4.78, 5) is 36.3. The molecule has 3 aliphatic carbocycles. The second kappa shape index (κ2) is 14.3. The highest BCUT2D eigenvalue weighted by molar-refractivity contribution is 6.42. The minimum absolute atomic E-state index is 0.0301. The summed E-state index contributed by atoms with van der Waals surface area (Å²) in [5, 5.41) is 6.60. The lowest BCUT2D eigenvalue weighted by molar-refractivity contribution is -0.175. The van der Waals surface area contributed by atoms with E-state index < -0.39 is 43.4 Å². The maximum atomic E-state index is 12.3. The molecular formula is C27H35Cl2F5N4O4. The van der Waals surface area contributed by atoms with Gasteiger partial charge in [-0.15, -0.1) is 0 Å². The van der Waals surface area contributed by atoms with Crippen LogP contribution >= 0.6 is 23.2 Å². The molecule has 15 heteroatoms. The van der Waals surface area contributed by atoms with Gasteiger partial charge in [0.2, 0.25) is 12.7 Å². The molecule has 1 aromatic rings. The van der Waals surface area contributed by atoms with E-state index in [1.165, 1.54) is 0 Å². The van der Waals surface area contributed by atoms with Gasteiger partial charge in [-0.25, -0.2) is 18.6 Å². The third-order valence-electron chi connectivity index (χ3n) is 7.42. The van der Waals surface area contributed by atoms with Gasteiger partial charge in [-0.05, 0) is 57.9 Å². The Hall–Kier alpha value is -2.51. The van der Waals surface area contributed by atoms with E-state index in [0.717, 1.165) is 37.2 Å². The molecule has 2 N–H and O–H groups in total. The zero-order chi connectivity index (χ0) is 31.9. The van der Waals surface area contributed by atoms with Crippen molar-refractivity contribution in [2.45, 2.75) is 88.8 Å². The normalized spacial score (nSPS) is 25.0. The van der Waals surface area contributed by atoms with Crippen molar-refractivity contribution < 1.29 is 41.1 Å². The van der Waals surface area contributed by atoms with Crippen LogP contribution in [0.15, 0.2) is 23.2 Å². The number of nitrogens with one attached hydrogen (secondary N) is 2. The van der Waals surface area contributed by atoms with E-state index in [1.54, 1.807) is 6.07 Å². The summed E-state index contributed by atoms with van der Waals surface area (Å²) in [6.07, 6.45) is -6.52. The van der Waals surface area contributed by atoms with Crippen LogP contribution in [0.25, 0.3) is 0 Å². The number of aliphatic imine (C=N–C) groups is 1. The Balaban J connectivity index is 0.000000601. The zero-order valence-electron chi connectivity index (χ0n) is 23.5. The summed E-state index contributed by atoms with van der Waals surface area (Å²) in [7, 11) is 2.09. The molecule has 0 unspecified atom stereocenters. The average molecular weight is 645 g/mol. The second-order valence-electron chi connectivity index (χ2n) is 11.1. The van der Waals surface area contributed by atoms with E-state index >= 15 is 0 Å². The summed E-state index contributed by atoms with van der Waals surface area (Å²) >= 11 is 12.1. The molecule has 8 nitrogen and oxygen atoms in total. The number of hydrogen-bond donors (Lipinski definition) is 2. The molecule has 0 saturated heterocycles. The number of alkyl halides is 5. The van der Waals surface area contributed by atoms with E-state index in [4.69, 9.17) is 32.7 Å². The maximum absolute atomic E-state index is 12.3. The minimum Gasteiger partial charge on any atom is -0.421 e. The number of rotatable bonds is 10. The number of benzene rings is 1. The number of alkyl carbamates (subject to hydrolysis) is 1. The maximum Gasteiger partial charge on any atom is 0.409 e. The molecule has 1 aliphatic heterocycles. The minimum atomic E-state index is -4.33. The molecule has 1 aromatic carbocycles.